The number of nitrogens with zero attached hydrogens (tertiary/aromatic N) is 1. The Kier molecular flexibility index (Phi) is 2.46. The van der Waals surface area contributed by atoms with Gasteiger partial charge >= 0.3 is 0 Å². The van der Waals surface area contributed by atoms with Crippen LogP contribution in [0.15, 0.2) is 0 Å². The Labute approximate surface area is 79.1 Å². The molecule has 74 valence electrons. The minimum atomic E-state index is -0.444. The van der Waals surface area contributed by atoms with Crippen LogP contribution in [0.25, 0.3) is 0 Å². The first kappa shape index (κ1) is 10.2. The summed E-state index contributed by atoms with van der Waals surface area (Å²) in [6.45, 7) is 5.28. The molecule has 0 atom stereocenters. The van der Waals surface area contributed by atoms with Gasteiger partial charge in [0.25, 0.3) is 0 Å². The van der Waals surface area contributed by atoms with Gasteiger partial charge in [-0.15, -0.1) is 0 Å². The molecule has 0 spiro atoms. The van der Waals surface area contributed by atoms with Crippen LogP contribution in [-0.2, 0) is 9.59 Å². The summed E-state index contributed by atoms with van der Waals surface area (Å²) < 4.78 is 0. The lowest BCUT2D eigenvalue weighted by molar-refractivity contribution is -0.139. The fourth-order valence-electron chi connectivity index (χ4n) is 1.70. The van der Waals surface area contributed by atoms with Gasteiger partial charge in [0.05, 0.1) is 0 Å². The van der Waals surface area contributed by atoms with Gasteiger partial charge in [-0.1, -0.05) is 13.8 Å². The van der Waals surface area contributed by atoms with Gasteiger partial charge in [0, 0.05) is 19.9 Å². The van der Waals surface area contributed by atoms with Crippen molar-refractivity contribution in [2.24, 2.45) is 5.92 Å². The molecule has 0 unspecified atom stereocenters. The Morgan fingerprint density at radius 1 is 1.31 bits per heavy atom. The van der Waals surface area contributed by atoms with Crippen LogP contribution in [0.2, 0.25) is 0 Å². The topological polar surface area (TPSA) is 37.4 Å². The summed E-state index contributed by atoms with van der Waals surface area (Å²) in [6, 6.07) is 0. The number of carbonyl (C=O) groups excluding carboxylic acids is 2. The molecule has 1 saturated carbocycles. The van der Waals surface area contributed by atoms with Gasteiger partial charge < -0.3 is 4.90 Å². The van der Waals surface area contributed by atoms with E-state index in [4.69, 9.17) is 0 Å². The zero-order chi connectivity index (χ0) is 10.2. The molecule has 1 aliphatic carbocycles. The minimum absolute atomic E-state index is 0.0179. The Morgan fingerprint density at radius 2 is 1.77 bits per heavy atom. The predicted molar refractivity (Wildman–Crippen MR) is 50.3 cm³/mol. The molecule has 0 radical (unpaired) electrons. The number of ketones is 1. The van der Waals surface area contributed by atoms with Crippen molar-refractivity contribution in [3.63, 3.8) is 0 Å². The van der Waals surface area contributed by atoms with Crippen LogP contribution in [0.5, 0.6) is 0 Å². The van der Waals surface area contributed by atoms with Crippen molar-refractivity contribution in [3.8, 4) is 0 Å². The highest BCUT2D eigenvalue weighted by molar-refractivity contribution is 5.96. The second kappa shape index (κ2) is 3.13. The lowest BCUT2D eigenvalue weighted by Crippen LogP contribution is -2.45. The molecule has 13 heavy (non-hydrogen) atoms. The number of amides is 1. The summed E-state index contributed by atoms with van der Waals surface area (Å²) in [5.74, 6) is 0.195. The van der Waals surface area contributed by atoms with Gasteiger partial charge in [0.2, 0.25) is 5.91 Å². The van der Waals surface area contributed by atoms with Crippen LogP contribution >= 0.6 is 0 Å². The van der Waals surface area contributed by atoms with Crippen molar-refractivity contribution in [1.82, 2.24) is 4.90 Å². The van der Waals surface area contributed by atoms with Crippen molar-refractivity contribution in [2.75, 3.05) is 7.05 Å². The Bertz CT molecular complexity index is 241. The number of hydrogen-bond donors (Lipinski definition) is 0. The number of hydrogen-bond acceptors (Lipinski definition) is 2. The molecule has 1 fully saturated rings. The monoisotopic (exact) mass is 183 g/mol. The first-order valence-electron chi connectivity index (χ1n) is 4.70. The molecule has 0 aromatic heterocycles. The molecule has 0 aliphatic heterocycles. The second-order valence-corrected chi connectivity index (χ2v) is 4.13. The van der Waals surface area contributed by atoms with E-state index in [1.807, 2.05) is 13.8 Å². The third-order valence-corrected chi connectivity index (χ3v) is 2.82. The third kappa shape index (κ3) is 1.60. The van der Waals surface area contributed by atoms with Crippen LogP contribution in [-0.4, -0.2) is 29.2 Å². The molecule has 0 N–H and O–H groups in total. The van der Waals surface area contributed by atoms with E-state index in [0.29, 0.717) is 0 Å². The van der Waals surface area contributed by atoms with E-state index >= 15 is 0 Å². The van der Waals surface area contributed by atoms with Crippen LogP contribution in [0, 0.1) is 5.92 Å². The largest absolute Gasteiger partial charge is 0.333 e. The minimum Gasteiger partial charge on any atom is -0.333 e. The smallest absolute Gasteiger partial charge is 0.220 e. The van der Waals surface area contributed by atoms with E-state index in [1.165, 1.54) is 6.92 Å². The Morgan fingerprint density at radius 3 is 2.00 bits per heavy atom. The SMILES string of the molecule is CC(=O)N(C)C1(C(=O)C(C)C)CC1. The summed E-state index contributed by atoms with van der Waals surface area (Å²) in [5.41, 5.74) is -0.444. The molecule has 0 saturated heterocycles. The van der Waals surface area contributed by atoms with Crippen molar-refractivity contribution >= 4 is 11.7 Å². The maximum Gasteiger partial charge on any atom is 0.220 e. The Balaban J connectivity index is 2.78. The second-order valence-electron chi connectivity index (χ2n) is 4.13. The van der Waals surface area contributed by atoms with Gasteiger partial charge in [-0.3, -0.25) is 9.59 Å². The zero-order valence-corrected chi connectivity index (χ0v) is 8.76. The molecule has 1 aliphatic rings. The normalized spacial score (nSPS) is 18.5. The highest BCUT2D eigenvalue weighted by Gasteiger charge is 2.54. The standard InChI is InChI=1S/C10H17NO2/c1-7(2)9(13)10(5-6-10)11(4)8(3)12/h7H,5-6H2,1-4H3. The average Bonchev–Trinajstić information content (AvgIpc) is 2.81. The van der Waals surface area contributed by atoms with Gasteiger partial charge in [-0.2, -0.15) is 0 Å². The van der Waals surface area contributed by atoms with Gasteiger partial charge in [-0.25, -0.2) is 0 Å². The van der Waals surface area contributed by atoms with Crippen LogP contribution in [0.1, 0.15) is 33.6 Å². The van der Waals surface area contributed by atoms with Crippen molar-refractivity contribution < 1.29 is 9.59 Å². The first-order valence-corrected chi connectivity index (χ1v) is 4.70. The van der Waals surface area contributed by atoms with Gasteiger partial charge in [-0.05, 0) is 12.8 Å². The van der Waals surface area contributed by atoms with E-state index in [-0.39, 0.29) is 17.6 Å². The fourth-order valence-corrected chi connectivity index (χ4v) is 1.70. The zero-order valence-electron chi connectivity index (χ0n) is 8.76. The van der Waals surface area contributed by atoms with Crippen LogP contribution in [0.3, 0.4) is 0 Å². The molecule has 0 bridgehead atoms. The lowest BCUT2D eigenvalue weighted by atomic mass is 9.98. The van der Waals surface area contributed by atoms with Gasteiger partial charge in [0.15, 0.2) is 5.78 Å². The van der Waals surface area contributed by atoms with E-state index in [2.05, 4.69) is 0 Å². The molecule has 3 nitrogen and oxygen atoms in total. The Hall–Kier alpha value is -0.860. The van der Waals surface area contributed by atoms with E-state index in [9.17, 15) is 9.59 Å². The molecule has 0 aromatic carbocycles. The highest BCUT2D eigenvalue weighted by Crippen LogP contribution is 2.43. The fraction of sp³-hybridized carbons (Fsp3) is 0.800. The summed E-state index contributed by atoms with van der Waals surface area (Å²) in [7, 11) is 1.72. The molecular formula is C10H17NO2. The van der Waals surface area contributed by atoms with Gasteiger partial charge in [0.1, 0.15) is 5.54 Å². The molecule has 0 heterocycles. The molecule has 1 rings (SSSR count). The van der Waals surface area contributed by atoms with E-state index in [1.54, 1.807) is 11.9 Å². The van der Waals surface area contributed by atoms with Crippen LogP contribution < -0.4 is 0 Å². The summed E-state index contributed by atoms with van der Waals surface area (Å²) in [4.78, 5) is 24.5. The highest BCUT2D eigenvalue weighted by atomic mass is 16.2. The quantitative estimate of drug-likeness (QED) is 0.659. The summed E-state index contributed by atoms with van der Waals surface area (Å²) >= 11 is 0. The molecule has 0 aromatic rings. The van der Waals surface area contributed by atoms with Crippen molar-refractivity contribution in [2.45, 2.75) is 39.2 Å². The number of rotatable bonds is 3. The average molecular weight is 183 g/mol. The molecule has 3 heteroatoms. The maximum atomic E-state index is 11.8. The van der Waals surface area contributed by atoms with E-state index < -0.39 is 5.54 Å². The predicted octanol–water partition coefficient (Wildman–Crippen LogP) is 1.22. The van der Waals surface area contributed by atoms with E-state index in [0.717, 1.165) is 12.8 Å². The molecule has 1 amide bonds. The summed E-state index contributed by atoms with van der Waals surface area (Å²) in [6.07, 6.45) is 1.67. The van der Waals surface area contributed by atoms with Crippen molar-refractivity contribution in [1.29, 1.82) is 0 Å². The molecular weight excluding hydrogens is 166 g/mol. The lowest BCUT2D eigenvalue weighted by Gasteiger charge is -2.27. The third-order valence-electron chi connectivity index (χ3n) is 2.82. The summed E-state index contributed by atoms with van der Waals surface area (Å²) in [5, 5.41) is 0. The number of likely N-dealkylation sites (N-methyl/N-ethyl adjacent to an activating group) is 1. The maximum absolute atomic E-state index is 11.8. The number of Topliss-reactive ketones (excluding diaryl/α,β-unsaturated/α-hetero) is 1. The number of carbonyl (C=O) groups is 2. The van der Waals surface area contributed by atoms with Crippen LogP contribution in [0.4, 0.5) is 0 Å². The van der Waals surface area contributed by atoms with Crippen molar-refractivity contribution in [3.05, 3.63) is 0 Å². The first-order chi connectivity index (χ1) is 5.92.